The van der Waals surface area contributed by atoms with E-state index >= 15 is 0 Å². The molecule has 1 amide bonds. The van der Waals surface area contributed by atoms with E-state index in [0.717, 1.165) is 60.2 Å². The normalized spacial score (nSPS) is 14.6. The number of nitrogens with zero attached hydrogens (tertiary/aromatic N) is 5. The number of likely N-dealkylation sites (N-methyl/N-ethyl adjacent to an activating group) is 1. The maximum absolute atomic E-state index is 12.4. The first-order valence-electron chi connectivity index (χ1n) is 10.8. The monoisotopic (exact) mass is 418 g/mol. The van der Waals surface area contributed by atoms with Crippen LogP contribution in [0.5, 0.6) is 0 Å². The lowest BCUT2D eigenvalue weighted by molar-refractivity contribution is -0.120. The predicted molar refractivity (Wildman–Crippen MR) is 123 cm³/mol. The third-order valence-corrected chi connectivity index (χ3v) is 5.68. The van der Waals surface area contributed by atoms with Crippen molar-refractivity contribution >= 4 is 11.7 Å². The molecule has 2 aromatic heterocycles. The second-order valence-corrected chi connectivity index (χ2v) is 8.27. The lowest BCUT2D eigenvalue weighted by atomic mass is 10.1. The van der Waals surface area contributed by atoms with Crippen LogP contribution >= 0.6 is 0 Å². The summed E-state index contributed by atoms with van der Waals surface area (Å²) in [7, 11) is 2.14. The van der Waals surface area contributed by atoms with Gasteiger partial charge in [0.05, 0.1) is 17.8 Å². The summed E-state index contributed by atoms with van der Waals surface area (Å²) >= 11 is 0. The number of carbonyl (C=O) groups is 1. The van der Waals surface area contributed by atoms with E-state index in [1.54, 1.807) is 0 Å². The second kappa shape index (κ2) is 9.31. The molecule has 1 fully saturated rings. The van der Waals surface area contributed by atoms with Crippen LogP contribution in [0.3, 0.4) is 0 Å². The molecule has 4 rings (SSSR count). The van der Waals surface area contributed by atoms with Crippen molar-refractivity contribution in [2.75, 3.05) is 38.1 Å². The summed E-state index contributed by atoms with van der Waals surface area (Å²) in [6.07, 6.45) is 2.21. The smallest absolute Gasteiger partial charge is 0.224 e. The molecule has 0 radical (unpaired) electrons. The lowest BCUT2D eigenvalue weighted by Gasteiger charge is -2.33. The summed E-state index contributed by atoms with van der Waals surface area (Å²) < 4.78 is 1.91. The summed E-state index contributed by atoms with van der Waals surface area (Å²) in [6.45, 7) is 8.61. The molecular formula is C24H30N6O. The molecule has 7 nitrogen and oxygen atoms in total. The number of benzene rings is 1. The minimum atomic E-state index is 0.00186. The van der Waals surface area contributed by atoms with E-state index in [1.165, 1.54) is 0 Å². The lowest BCUT2D eigenvalue weighted by Crippen LogP contribution is -2.44. The van der Waals surface area contributed by atoms with Gasteiger partial charge >= 0.3 is 0 Å². The molecule has 3 aromatic rings. The molecule has 0 atom stereocenters. The van der Waals surface area contributed by atoms with Gasteiger partial charge in [-0.1, -0.05) is 18.2 Å². The Hall–Kier alpha value is -3.19. The number of carbonyl (C=O) groups excluding carboxylic acids is 1. The fourth-order valence-electron chi connectivity index (χ4n) is 3.84. The first kappa shape index (κ1) is 21.1. The number of anilines is 1. The molecule has 0 aliphatic carbocycles. The number of aryl methyl sites for hydroxylation is 2. The van der Waals surface area contributed by atoms with Crippen LogP contribution in [0.25, 0.3) is 5.69 Å². The van der Waals surface area contributed by atoms with Crippen LogP contribution in [0.2, 0.25) is 0 Å². The van der Waals surface area contributed by atoms with Gasteiger partial charge in [0.2, 0.25) is 5.91 Å². The number of nitrogens with one attached hydrogen (secondary N) is 1. The van der Waals surface area contributed by atoms with Crippen LogP contribution in [0, 0.1) is 13.8 Å². The maximum atomic E-state index is 12.4. The molecule has 1 N–H and O–H groups in total. The number of amides is 1. The minimum absolute atomic E-state index is 0.00186. The predicted octanol–water partition coefficient (Wildman–Crippen LogP) is 2.49. The zero-order valence-electron chi connectivity index (χ0n) is 18.5. The Morgan fingerprint density at radius 3 is 2.32 bits per heavy atom. The summed E-state index contributed by atoms with van der Waals surface area (Å²) in [6, 6.07) is 14.1. The summed E-state index contributed by atoms with van der Waals surface area (Å²) in [4.78, 5) is 21.6. The molecule has 0 unspecified atom stereocenters. The minimum Gasteiger partial charge on any atom is -0.354 e. The fourth-order valence-corrected chi connectivity index (χ4v) is 3.84. The van der Waals surface area contributed by atoms with Crippen molar-refractivity contribution in [2.45, 2.75) is 26.8 Å². The van der Waals surface area contributed by atoms with Crippen LogP contribution in [0.15, 0.2) is 48.7 Å². The summed E-state index contributed by atoms with van der Waals surface area (Å²) in [5.41, 5.74) is 5.07. The van der Waals surface area contributed by atoms with E-state index in [-0.39, 0.29) is 5.91 Å². The molecule has 0 spiro atoms. The quantitative estimate of drug-likeness (QED) is 0.666. The molecule has 0 bridgehead atoms. The SMILES string of the molecule is Cc1cc(C)n(-c2ccc(CC(=O)NCc3ccc(N4CCN(C)CC4)nc3)cc2)n1. The highest BCUT2D eigenvalue weighted by atomic mass is 16.1. The molecule has 1 aromatic carbocycles. The van der Waals surface area contributed by atoms with Gasteiger partial charge in [0.15, 0.2) is 0 Å². The van der Waals surface area contributed by atoms with Crippen molar-refractivity contribution in [1.82, 2.24) is 25.0 Å². The van der Waals surface area contributed by atoms with Gasteiger partial charge in [0.25, 0.3) is 0 Å². The molecule has 1 aliphatic rings. The van der Waals surface area contributed by atoms with Gasteiger partial charge in [-0.2, -0.15) is 5.10 Å². The summed E-state index contributed by atoms with van der Waals surface area (Å²) in [5.74, 6) is 1.01. The largest absolute Gasteiger partial charge is 0.354 e. The Morgan fingerprint density at radius 1 is 1.00 bits per heavy atom. The van der Waals surface area contributed by atoms with E-state index in [4.69, 9.17) is 0 Å². The van der Waals surface area contributed by atoms with E-state index in [2.05, 4.69) is 32.2 Å². The van der Waals surface area contributed by atoms with E-state index in [9.17, 15) is 4.79 Å². The number of piperazine rings is 1. The highest BCUT2D eigenvalue weighted by Gasteiger charge is 2.15. The Bertz CT molecular complexity index is 1020. The Balaban J connectivity index is 1.28. The van der Waals surface area contributed by atoms with Crippen molar-refractivity contribution in [3.8, 4) is 5.69 Å². The first-order valence-corrected chi connectivity index (χ1v) is 10.8. The molecule has 7 heteroatoms. The molecule has 162 valence electrons. The number of hydrogen-bond donors (Lipinski definition) is 1. The van der Waals surface area contributed by atoms with Gasteiger partial charge < -0.3 is 15.1 Å². The summed E-state index contributed by atoms with van der Waals surface area (Å²) in [5, 5.41) is 7.49. The van der Waals surface area contributed by atoms with Crippen LogP contribution < -0.4 is 10.2 Å². The fraction of sp³-hybridized carbons (Fsp3) is 0.375. The van der Waals surface area contributed by atoms with Gasteiger partial charge in [0, 0.05) is 44.6 Å². The molecule has 0 saturated carbocycles. The van der Waals surface area contributed by atoms with Crippen LogP contribution in [0.4, 0.5) is 5.82 Å². The number of aromatic nitrogens is 3. The maximum Gasteiger partial charge on any atom is 0.224 e. The average molecular weight is 419 g/mol. The first-order chi connectivity index (χ1) is 15.0. The van der Waals surface area contributed by atoms with Crippen molar-refractivity contribution in [2.24, 2.45) is 0 Å². The van der Waals surface area contributed by atoms with Gasteiger partial charge in [-0.3, -0.25) is 4.79 Å². The van der Waals surface area contributed by atoms with Crippen LogP contribution in [-0.4, -0.2) is 58.8 Å². The van der Waals surface area contributed by atoms with Gasteiger partial charge in [-0.05, 0) is 56.3 Å². The number of rotatable bonds is 6. The van der Waals surface area contributed by atoms with Crippen molar-refractivity contribution in [3.63, 3.8) is 0 Å². The highest BCUT2D eigenvalue weighted by molar-refractivity contribution is 5.78. The zero-order chi connectivity index (χ0) is 21.8. The van der Waals surface area contributed by atoms with Crippen molar-refractivity contribution < 1.29 is 4.79 Å². The molecule has 31 heavy (non-hydrogen) atoms. The van der Waals surface area contributed by atoms with Gasteiger partial charge in [-0.25, -0.2) is 9.67 Å². The third kappa shape index (κ3) is 5.30. The Labute approximate surface area is 183 Å². The molecular weight excluding hydrogens is 388 g/mol. The van der Waals surface area contributed by atoms with Gasteiger partial charge in [-0.15, -0.1) is 0 Å². The topological polar surface area (TPSA) is 66.3 Å². The molecule has 1 aliphatic heterocycles. The number of hydrogen-bond acceptors (Lipinski definition) is 5. The standard InChI is InChI=1S/C24H30N6O/c1-18-14-19(2)30(27-18)22-7-4-20(5-8-22)15-24(31)26-17-21-6-9-23(25-16-21)29-12-10-28(3)11-13-29/h4-9,14,16H,10-13,15,17H2,1-3H3,(H,26,31). The Morgan fingerprint density at radius 2 is 1.71 bits per heavy atom. The Kier molecular flexibility index (Phi) is 6.32. The van der Waals surface area contributed by atoms with E-state index < -0.39 is 0 Å². The van der Waals surface area contributed by atoms with Crippen molar-refractivity contribution in [1.29, 1.82) is 0 Å². The molecule has 3 heterocycles. The van der Waals surface area contributed by atoms with Crippen LogP contribution in [-0.2, 0) is 17.8 Å². The molecule has 1 saturated heterocycles. The highest BCUT2D eigenvalue weighted by Crippen LogP contribution is 2.15. The zero-order valence-corrected chi connectivity index (χ0v) is 18.5. The second-order valence-electron chi connectivity index (χ2n) is 8.27. The van der Waals surface area contributed by atoms with E-state index in [1.807, 2.05) is 67.2 Å². The number of pyridine rings is 1. The van der Waals surface area contributed by atoms with Gasteiger partial charge in [0.1, 0.15) is 5.82 Å². The van der Waals surface area contributed by atoms with E-state index in [0.29, 0.717) is 13.0 Å². The van der Waals surface area contributed by atoms with Crippen LogP contribution in [0.1, 0.15) is 22.5 Å². The van der Waals surface area contributed by atoms with Crippen molar-refractivity contribution in [3.05, 3.63) is 71.2 Å². The third-order valence-electron chi connectivity index (χ3n) is 5.68. The average Bonchev–Trinajstić information content (AvgIpc) is 3.12.